The molecule has 14 heavy (non-hydrogen) atoms. The highest BCUT2D eigenvalue weighted by molar-refractivity contribution is 6.14. The Balaban J connectivity index is 2.36. The molecule has 0 nitrogen and oxygen atoms in total. The predicted molar refractivity (Wildman–Crippen MR) is 67.6 cm³/mol. The average molecular weight is 194 g/mol. The summed E-state index contributed by atoms with van der Waals surface area (Å²) in [6.45, 7) is 4.89. The molecule has 0 heterocycles. The smallest absolute Gasteiger partial charge is 0.0669 e. The van der Waals surface area contributed by atoms with Gasteiger partial charge in [0.2, 0.25) is 0 Å². The molecule has 0 N–H and O–H groups in total. The van der Waals surface area contributed by atoms with Gasteiger partial charge >= 0.3 is 0 Å². The molecule has 1 aliphatic carbocycles. The summed E-state index contributed by atoms with van der Waals surface area (Å²) in [4.78, 5) is 0. The Kier molecular flexibility index (Phi) is 5.05. The van der Waals surface area contributed by atoms with Crippen LogP contribution in [0, 0.1) is 5.92 Å². The molecule has 1 aliphatic rings. The predicted octanol–water partition coefficient (Wildman–Crippen LogP) is 3.96. The molecule has 1 fully saturated rings. The third kappa shape index (κ3) is 5.07. The Morgan fingerprint density at radius 3 is 2.29 bits per heavy atom. The quantitative estimate of drug-likeness (QED) is 0.512. The Bertz CT molecular complexity index is 151. The zero-order chi connectivity index (χ0) is 10.4. The van der Waals surface area contributed by atoms with Crippen molar-refractivity contribution in [2.24, 2.45) is 5.92 Å². The van der Waals surface area contributed by atoms with Gasteiger partial charge in [-0.05, 0) is 5.92 Å². The van der Waals surface area contributed by atoms with E-state index in [1.807, 2.05) is 0 Å². The second-order valence-corrected chi connectivity index (χ2v) is 6.11. The zero-order valence-electron chi connectivity index (χ0n) is 10.4. The van der Waals surface area contributed by atoms with Crippen molar-refractivity contribution in [2.45, 2.75) is 76.9 Å². The Morgan fingerprint density at radius 1 is 0.929 bits per heavy atom. The van der Waals surface area contributed by atoms with Crippen LogP contribution in [0.2, 0.25) is 5.31 Å². The maximum Gasteiger partial charge on any atom is 0.109 e. The number of rotatable bonds is 0. The molecule has 0 aromatic heterocycles. The standard InChI is InChI=1S/C13H27B/c1-12-8-5-3-4-6-10-13(2,14)11-7-9-12/h12H,3-11,14H2,1-2H3. The van der Waals surface area contributed by atoms with Crippen molar-refractivity contribution in [3.05, 3.63) is 0 Å². The van der Waals surface area contributed by atoms with Crippen LogP contribution in [0.1, 0.15) is 71.6 Å². The van der Waals surface area contributed by atoms with Crippen LogP contribution >= 0.6 is 0 Å². The van der Waals surface area contributed by atoms with Gasteiger partial charge in [0, 0.05) is 0 Å². The molecule has 82 valence electrons. The van der Waals surface area contributed by atoms with Gasteiger partial charge in [-0.2, -0.15) is 0 Å². The van der Waals surface area contributed by atoms with Gasteiger partial charge in [-0.1, -0.05) is 76.9 Å². The average Bonchev–Trinajstić information content (AvgIpc) is 2.12. The molecule has 0 radical (unpaired) electrons. The molecule has 2 atom stereocenters. The van der Waals surface area contributed by atoms with Crippen LogP contribution in [0.4, 0.5) is 0 Å². The maximum atomic E-state index is 2.45. The van der Waals surface area contributed by atoms with E-state index in [0.29, 0.717) is 5.31 Å². The summed E-state index contributed by atoms with van der Waals surface area (Å²) in [5.74, 6) is 0.976. The highest BCUT2D eigenvalue weighted by Gasteiger charge is 2.18. The lowest BCUT2D eigenvalue weighted by Gasteiger charge is -2.24. The summed E-state index contributed by atoms with van der Waals surface area (Å²) < 4.78 is 0. The highest BCUT2D eigenvalue weighted by atomic mass is 14.2. The van der Waals surface area contributed by atoms with Crippen LogP contribution in [0.3, 0.4) is 0 Å². The molecule has 0 saturated heterocycles. The van der Waals surface area contributed by atoms with Gasteiger partial charge in [-0.15, -0.1) is 0 Å². The van der Waals surface area contributed by atoms with Crippen LogP contribution in [0.15, 0.2) is 0 Å². The number of hydrogen-bond acceptors (Lipinski definition) is 0. The second kappa shape index (κ2) is 5.83. The molecule has 0 aliphatic heterocycles. The van der Waals surface area contributed by atoms with E-state index < -0.39 is 0 Å². The minimum absolute atomic E-state index is 0.615. The first-order chi connectivity index (χ1) is 6.60. The van der Waals surface area contributed by atoms with Gasteiger partial charge in [-0.3, -0.25) is 0 Å². The van der Waals surface area contributed by atoms with Crippen molar-refractivity contribution in [3.8, 4) is 0 Å². The molecule has 0 aromatic rings. The lowest BCUT2D eigenvalue weighted by Crippen LogP contribution is -2.08. The van der Waals surface area contributed by atoms with Gasteiger partial charge < -0.3 is 0 Å². The van der Waals surface area contributed by atoms with Crippen molar-refractivity contribution >= 4 is 7.85 Å². The second-order valence-electron chi connectivity index (χ2n) is 6.11. The van der Waals surface area contributed by atoms with Crippen LogP contribution in [0.5, 0.6) is 0 Å². The number of hydrogen-bond donors (Lipinski definition) is 0. The van der Waals surface area contributed by atoms with Crippen molar-refractivity contribution in [2.75, 3.05) is 0 Å². The van der Waals surface area contributed by atoms with Gasteiger partial charge in [0.15, 0.2) is 0 Å². The first-order valence-corrected chi connectivity index (χ1v) is 6.60. The van der Waals surface area contributed by atoms with E-state index >= 15 is 0 Å². The van der Waals surface area contributed by atoms with E-state index in [-0.39, 0.29) is 0 Å². The van der Waals surface area contributed by atoms with Crippen LogP contribution in [0.25, 0.3) is 0 Å². The topological polar surface area (TPSA) is 0 Å². The lowest BCUT2D eigenvalue weighted by molar-refractivity contribution is 0.426. The fourth-order valence-electron chi connectivity index (χ4n) is 2.65. The minimum Gasteiger partial charge on any atom is -0.0669 e. The molecule has 1 rings (SSSR count). The van der Waals surface area contributed by atoms with Crippen LogP contribution in [-0.2, 0) is 0 Å². The molecule has 0 amide bonds. The van der Waals surface area contributed by atoms with E-state index in [1.54, 1.807) is 0 Å². The molecule has 0 spiro atoms. The van der Waals surface area contributed by atoms with Crippen molar-refractivity contribution < 1.29 is 0 Å². The molecule has 2 unspecified atom stereocenters. The first-order valence-electron chi connectivity index (χ1n) is 6.60. The maximum absolute atomic E-state index is 2.45. The summed E-state index contributed by atoms with van der Waals surface area (Å²) in [6.07, 6.45) is 13.1. The van der Waals surface area contributed by atoms with Gasteiger partial charge in [0.25, 0.3) is 0 Å². The third-order valence-electron chi connectivity index (χ3n) is 3.85. The largest absolute Gasteiger partial charge is 0.109 e. The van der Waals surface area contributed by atoms with Gasteiger partial charge in [0.1, 0.15) is 7.85 Å². The molecule has 0 aromatic carbocycles. The fraction of sp³-hybridized carbons (Fsp3) is 1.00. The Morgan fingerprint density at radius 2 is 1.50 bits per heavy atom. The normalized spacial score (nSPS) is 37.4. The summed E-state index contributed by atoms with van der Waals surface area (Å²) >= 11 is 0. The Hall–Kier alpha value is 0.0649. The summed E-state index contributed by atoms with van der Waals surface area (Å²) in [5.41, 5.74) is 0. The minimum atomic E-state index is 0.615. The van der Waals surface area contributed by atoms with E-state index in [1.165, 1.54) is 57.8 Å². The monoisotopic (exact) mass is 194 g/mol. The fourth-order valence-corrected chi connectivity index (χ4v) is 2.65. The molecule has 1 heteroatoms. The third-order valence-corrected chi connectivity index (χ3v) is 3.85. The van der Waals surface area contributed by atoms with E-state index in [4.69, 9.17) is 0 Å². The summed E-state index contributed by atoms with van der Waals surface area (Å²) in [5, 5.41) is 0.615. The van der Waals surface area contributed by atoms with Gasteiger partial charge in [0.05, 0.1) is 0 Å². The highest BCUT2D eigenvalue weighted by Crippen LogP contribution is 2.36. The lowest BCUT2D eigenvalue weighted by atomic mass is 9.64. The van der Waals surface area contributed by atoms with E-state index in [2.05, 4.69) is 21.7 Å². The SMILES string of the molecule is BC1(C)CCCCCCC(C)CCC1. The van der Waals surface area contributed by atoms with Crippen molar-refractivity contribution in [3.63, 3.8) is 0 Å². The molecular weight excluding hydrogens is 167 g/mol. The Labute approximate surface area is 91.3 Å². The zero-order valence-corrected chi connectivity index (χ0v) is 10.4. The molecule has 0 bridgehead atoms. The van der Waals surface area contributed by atoms with Crippen molar-refractivity contribution in [1.29, 1.82) is 0 Å². The first kappa shape index (κ1) is 12.1. The van der Waals surface area contributed by atoms with Crippen LogP contribution in [-0.4, -0.2) is 7.85 Å². The summed E-state index contributed by atoms with van der Waals surface area (Å²) in [6, 6.07) is 0. The van der Waals surface area contributed by atoms with E-state index in [9.17, 15) is 0 Å². The van der Waals surface area contributed by atoms with E-state index in [0.717, 1.165) is 5.92 Å². The molecule has 1 saturated carbocycles. The summed E-state index contributed by atoms with van der Waals surface area (Å²) in [7, 11) is 2.45. The molecular formula is C13H27B. The van der Waals surface area contributed by atoms with Crippen molar-refractivity contribution in [1.82, 2.24) is 0 Å². The van der Waals surface area contributed by atoms with Crippen LogP contribution < -0.4 is 0 Å². The van der Waals surface area contributed by atoms with Gasteiger partial charge in [-0.25, -0.2) is 0 Å².